The molecule has 6 heteroatoms. The number of hydrogen-bond donors (Lipinski definition) is 0. The molecule has 9 aromatic rings. The van der Waals surface area contributed by atoms with Gasteiger partial charge in [-0.1, -0.05) is 126 Å². The van der Waals surface area contributed by atoms with Crippen molar-refractivity contribution in [3.8, 4) is 45.3 Å². The first kappa shape index (κ1) is 47.5. The number of benzene rings is 9. The molecule has 6 nitrogen and oxygen atoms in total. The molecule has 0 amide bonds. The summed E-state index contributed by atoms with van der Waals surface area (Å²) in [7, 11) is 6.89. The fraction of sp³-hybridized carbons (Fsp3) is 0.182. The zero-order valence-electron chi connectivity index (χ0n) is 42.1. The Morgan fingerprint density at radius 1 is 0.347 bits per heavy atom. The van der Waals surface area contributed by atoms with Crippen molar-refractivity contribution < 1.29 is 18.9 Å². The first-order valence-electron chi connectivity index (χ1n) is 24.9. The summed E-state index contributed by atoms with van der Waals surface area (Å²) in [6.07, 6.45) is 4.24. The van der Waals surface area contributed by atoms with E-state index in [0.717, 1.165) is 105 Å². The van der Waals surface area contributed by atoms with E-state index in [4.69, 9.17) is 18.9 Å². The molecule has 72 heavy (non-hydrogen) atoms. The summed E-state index contributed by atoms with van der Waals surface area (Å²) in [6.45, 7) is 4.26. The molecule has 10 rings (SSSR count). The van der Waals surface area contributed by atoms with Crippen LogP contribution in [0.3, 0.4) is 0 Å². The maximum Gasteiger partial charge on any atom is 0.128 e. The molecule has 0 heterocycles. The van der Waals surface area contributed by atoms with E-state index in [2.05, 4.69) is 200 Å². The Morgan fingerprint density at radius 2 is 0.681 bits per heavy atom. The Balaban J connectivity index is 1.04. The van der Waals surface area contributed by atoms with E-state index >= 15 is 0 Å². The Kier molecular flexibility index (Phi) is 13.9. The van der Waals surface area contributed by atoms with Gasteiger partial charge in [0.15, 0.2) is 0 Å². The topological polar surface area (TPSA) is 43.4 Å². The monoisotopic (exact) mass is 946 g/mol. The van der Waals surface area contributed by atoms with Gasteiger partial charge in [-0.2, -0.15) is 0 Å². The molecule has 1 aliphatic rings. The fourth-order valence-corrected chi connectivity index (χ4v) is 10.9. The summed E-state index contributed by atoms with van der Waals surface area (Å²) in [6, 6.07) is 76.3. The lowest BCUT2D eigenvalue weighted by molar-refractivity contribution is 0.315. The molecule has 0 radical (unpaired) electrons. The second kappa shape index (κ2) is 21.0. The molecule has 0 aromatic heterocycles. The van der Waals surface area contributed by atoms with Gasteiger partial charge in [-0.3, -0.25) is 0 Å². The highest BCUT2D eigenvalue weighted by Crippen LogP contribution is 2.51. The Bertz CT molecular complexity index is 3060. The van der Waals surface area contributed by atoms with Crippen LogP contribution in [-0.2, 0) is 5.41 Å². The van der Waals surface area contributed by atoms with Gasteiger partial charge in [-0.05, 0) is 147 Å². The van der Waals surface area contributed by atoms with E-state index in [1.165, 1.54) is 27.8 Å². The van der Waals surface area contributed by atoms with Crippen molar-refractivity contribution in [1.29, 1.82) is 0 Å². The van der Waals surface area contributed by atoms with Crippen molar-refractivity contribution >= 4 is 34.1 Å². The molecule has 0 unspecified atom stereocenters. The lowest BCUT2D eigenvalue weighted by Crippen LogP contribution is -2.32. The van der Waals surface area contributed by atoms with Crippen LogP contribution in [0, 0.1) is 13.8 Å². The summed E-state index contributed by atoms with van der Waals surface area (Å²) in [4.78, 5) is 4.64. The standard InChI is InChI=1S/C66H62N2O4/c1-46-20-28-52(29-21-46)67(56-36-38-60(64(44-56)71-5)58-16-10-12-18-62(58)69-3)54-32-24-50(25-33-54)66(42-40-49(41-43-66)48-14-8-7-9-15-48)51-26-34-55(35-27-51)68(53-30-22-47(2)23-31-53)57-37-39-61(65(45-57)72-6)59-17-11-13-19-63(59)70-4/h7-39,44-45,49H,40-43H2,1-6H3. The lowest BCUT2D eigenvalue weighted by Gasteiger charge is -2.42. The summed E-state index contributed by atoms with van der Waals surface area (Å²) in [5, 5.41) is 0. The smallest absolute Gasteiger partial charge is 0.128 e. The van der Waals surface area contributed by atoms with E-state index in [0.29, 0.717) is 5.92 Å². The highest BCUT2D eigenvalue weighted by atomic mass is 16.5. The predicted octanol–water partition coefficient (Wildman–Crippen LogP) is 17.3. The quantitative estimate of drug-likeness (QED) is 0.102. The van der Waals surface area contributed by atoms with Crippen LogP contribution in [0.4, 0.5) is 34.1 Å². The lowest BCUT2D eigenvalue weighted by atomic mass is 9.62. The van der Waals surface area contributed by atoms with Gasteiger partial charge in [0, 0.05) is 73.9 Å². The van der Waals surface area contributed by atoms with Gasteiger partial charge in [0.2, 0.25) is 0 Å². The molecule has 1 saturated carbocycles. The molecule has 9 aromatic carbocycles. The number of nitrogens with zero attached hydrogens (tertiary/aromatic N) is 2. The van der Waals surface area contributed by atoms with Gasteiger partial charge in [0.1, 0.15) is 23.0 Å². The molecule has 1 aliphatic carbocycles. The van der Waals surface area contributed by atoms with Crippen LogP contribution >= 0.6 is 0 Å². The molecule has 0 bridgehead atoms. The van der Waals surface area contributed by atoms with Crippen molar-refractivity contribution in [2.75, 3.05) is 38.2 Å². The highest BCUT2D eigenvalue weighted by Gasteiger charge is 2.39. The third-order valence-electron chi connectivity index (χ3n) is 14.7. The fourth-order valence-electron chi connectivity index (χ4n) is 10.9. The second-order valence-corrected chi connectivity index (χ2v) is 18.9. The summed E-state index contributed by atoms with van der Waals surface area (Å²) in [5.41, 5.74) is 16.5. The molecule has 0 saturated heterocycles. The molecule has 0 spiro atoms. The molecule has 1 fully saturated rings. The molecule has 0 atom stereocenters. The third kappa shape index (κ3) is 9.40. The van der Waals surface area contributed by atoms with Crippen LogP contribution in [0.1, 0.15) is 59.4 Å². The third-order valence-corrected chi connectivity index (χ3v) is 14.7. The number of para-hydroxylation sites is 2. The van der Waals surface area contributed by atoms with E-state index in [1.807, 2.05) is 36.4 Å². The van der Waals surface area contributed by atoms with Gasteiger partial charge in [0.25, 0.3) is 0 Å². The maximum absolute atomic E-state index is 6.10. The average molecular weight is 947 g/mol. The van der Waals surface area contributed by atoms with Crippen LogP contribution in [-0.4, -0.2) is 28.4 Å². The summed E-state index contributed by atoms with van der Waals surface area (Å²) in [5.74, 6) is 3.65. The maximum atomic E-state index is 6.10. The van der Waals surface area contributed by atoms with Gasteiger partial charge in [-0.25, -0.2) is 0 Å². The summed E-state index contributed by atoms with van der Waals surface area (Å²) < 4.78 is 23.7. The largest absolute Gasteiger partial charge is 0.496 e. The average Bonchev–Trinajstić information content (AvgIpc) is 3.44. The number of anilines is 6. The van der Waals surface area contributed by atoms with E-state index in [1.54, 1.807) is 28.4 Å². The second-order valence-electron chi connectivity index (χ2n) is 18.9. The van der Waals surface area contributed by atoms with Gasteiger partial charge in [-0.15, -0.1) is 0 Å². The van der Waals surface area contributed by atoms with Crippen molar-refractivity contribution in [3.63, 3.8) is 0 Å². The van der Waals surface area contributed by atoms with Crippen LogP contribution in [0.15, 0.2) is 212 Å². The number of ether oxygens (including phenoxy) is 4. The molecular weight excluding hydrogens is 885 g/mol. The van der Waals surface area contributed by atoms with Crippen molar-refractivity contribution in [2.45, 2.75) is 50.9 Å². The number of rotatable bonds is 15. The van der Waals surface area contributed by atoms with Crippen LogP contribution in [0.5, 0.6) is 23.0 Å². The molecule has 0 N–H and O–H groups in total. The zero-order chi connectivity index (χ0) is 49.6. The van der Waals surface area contributed by atoms with Crippen molar-refractivity contribution in [3.05, 3.63) is 240 Å². The van der Waals surface area contributed by atoms with Crippen molar-refractivity contribution in [1.82, 2.24) is 0 Å². The highest BCUT2D eigenvalue weighted by molar-refractivity contribution is 5.85. The first-order valence-corrected chi connectivity index (χ1v) is 24.9. The number of methoxy groups -OCH3 is 4. The van der Waals surface area contributed by atoms with Gasteiger partial charge < -0.3 is 28.7 Å². The van der Waals surface area contributed by atoms with Crippen LogP contribution in [0.2, 0.25) is 0 Å². The molecule has 0 aliphatic heterocycles. The minimum Gasteiger partial charge on any atom is -0.496 e. The minimum absolute atomic E-state index is 0.203. The first-order chi connectivity index (χ1) is 35.3. The Morgan fingerprint density at radius 3 is 1.07 bits per heavy atom. The zero-order valence-corrected chi connectivity index (χ0v) is 42.1. The van der Waals surface area contributed by atoms with Crippen molar-refractivity contribution in [2.24, 2.45) is 0 Å². The van der Waals surface area contributed by atoms with E-state index in [9.17, 15) is 0 Å². The van der Waals surface area contributed by atoms with Gasteiger partial charge in [0.05, 0.1) is 28.4 Å². The van der Waals surface area contributed by atoms with Crippen LogP contribution in [0.25, 0.3) is 22.3 Å². The Hall–Kier alpha value is -8.22. The molecular formula is C66H62N2O4. The normalized spacial score (nSPS) is 13.2. The summed E-state index contributed by atoms with van der Waals surface area (Å²) >= 11 is 0. The Labute approximate surface area is 425 Å². The SMILES string of the molecule is COc1ccccc1-c1ccc(N(c2ccc(C)cc2)c2ccc(C3(c4ccc(N(c5ccc(C)cc5)c5ccc(-c6ccccc6OC)c(OC)c5)cc4)CCC(c4ccccc4)CC3)cc2)cc1OC. The van der Waals surface area contributed by atoms with E-state index < -0.39 is 0 Å². The predicted molar refractivity (Wildman–Crippen MR) is 297 cm³/mol. The van der Waals surface area contributed by atoms with Gasteiger partial charge >= 0.3 is 0 Å². The molecule has 360 valence electrons. The number of aryl methyl sites for hydroxylation is 2. The van der Waals surface area contributed by atoms with Crippen LogP contribution < -0.4 is 28.7 Å². The minimum atomic E-state index is -0.203. The van der Waals surface area contributed by atoms with E-state index in [-0.39, 0.29) is 5.41 Å². The number of hydrogen-bond acceptors (Lipinski definition) is 6.